The zero-order valence-electron chi connectivity index (χ0n) is 14.0. The van der Waals surface area contributed by atoms with Gasteiger partial charge in [0, 0.05) is 6.54 Å². The highest BCUT2D eigenvalue weighted by atomic mass is 16.5. The molecule has 0 radical (unpaired) electrons. The smallest absolute Gasteiger partial charge is 0.310 e. The van der Waals surface area contributed by atoms with Gasteiger partial charge in [0.15, 0.2) is 0 Å². The fraction of sp³-hybridized carbons (Fsp3) is 0.263. The van der Waals surface area contributed by atoms with Crippen LogP contribution in [0.3, 0.4) is 0 Å². The van der Waals surface area contributed by atoms with Crippen molar-refractivity contribution in [3.05, 3.63) is 59.7 Å². The minimum absolute atomic E-state index is 0.0277. The molecule has 0 atom stereocenters. The Morgan fingerprint density at radius 3 is 2.50 bits per heavy atom. The lowest BCUT2D eigenvalue weighted by molar-refractivity contribution is -0.146. The zero-order valence-corrected chi connectivity index (χ0v) is 14.0. The van der Waals surface area contributed by atoms with Gasteiger partial charge in [-0.25, -0.2) is 0 Å². The summed E-state index contributed by atoms with van der Waals surface area (Å²) in [4.78, 5) is 23.5. The average Bonchev–Trinajstić information content (AvgIpc) is 2.53. The van der Waals surface area contributed by atoms with Crippen LogP contribution in [0.4, 0.5) is 0 Å². The standard InChI is InChI=1S/C19H21NO4/c1-13-7-6-8-14(11-13)24-16-10-5-4-9-15(16)17(21)20-12-19(2,3)18(22)23/h4-11H,12H2,1-3H3,(H,20,21)(H,22,23). The largest absolute Gasteiger partial charge is 0.481 e. The number of hydrogen-bond acceptors (Lipinski definition) is 3. The van der Waals surface area contributed by atoms with E-state index in [1.54, 1.807) is 38.1 Å². The van der Waals surface area contributed by atoms with Gasteiger partial charge in [-0.15, -0.1) is 0 Å². The lowest BCUT2D eigenvalue weighted by Crippen LogP contribution is -2.39. The summed E-state index contributed by atoms with van der Waals surface area (Å²) in [5.74, 6) is -0.269. The van der Waals surface area contributed by atoms with Crippen molar-refractivity contribution in [3.8, 4) is 11.5 Å². The number of rotatable bonds is 6. The molecule has 0 saturated carbocycles. The molecule has 2 aromatic carbocycles. The molecule has 0 aromatic heterocycles. The molecule has 0 aliphatic heterocycles. The van der Waals surface area contributed by atoms with E-state index in [0.717, 1.165) is 5.56 Å². The maximum atomic E-state index is 12.4. The first kappa shape index (κ1) is 17.5. The van der Waals surface area contributed by atoms with Gasteiger partial charge in [-0.1, -0.05) is 24.3 Å². The van der Waals surface area contributed by atoms with Gasteiger partial charge in [0.05, 0.1) is 11.0 Å². The van der Waals surface area contributed by atoms with E-state index in [2.05, 4.69) is 5.32 Å². The molecule has 0 heterocycles. The third kappa shape index (κ3) is 4.35. The van der Waals surface area contributed by atoms with Crippen LogP contribution in [0.25, 0.3) is 0 Å². The molecule has 1 amide bonds. The number of para-hydroxylation sites is 1. The summed E-state index contributed by atoms with van der Waals surface area (Å²) < 4.78 is 5.81. The summed E-state index contributed by atoms with van der Waals surface area (Å²) in [5, 5.41) is 11.8. The molecule has 0 spiro atoms. The Balaban J connectivity index is 2.16. The van der Waals surface area contributed by atoms with Crippen LogP contribution in [-0.2, 0) is 4.79 Å². The number of carbonyl (C=O) groups excluding carboxylic acids is 1. The first-order valence-corrected chi connectivity index (χ1v) is 7.65. The van der Waals surface area contributed by atoms with Crippen LogP contribution in [0, 0.1) is 12.3 Å². The van der Waals surface area contributed by atoms with Gasteiger partial charge in [0.1, 0.15) is 11.5 Å². The van der Waals surface area contributed by atoms with Crippen LogP contribution in [-0.4, -0.2) is 23.5 Å². The molecule has 2 N–H and O–H groups in total. The molecule has 0 aliphatic carbocycles. The highest BCUT2D eigenvalue weighted by molar-refractivity contribution is 5.97. The second-order valence-corrected chi connectivity index (χ2v) is 6.29. The quantitative estimate of drug-likeness (QED) is 0.849. The SMILES string of the molecule is Cc1cccc(Oc2ccccc2C(=O)NCC(C)(C)C(=O)O)c1. The Hall–Kier alpha value is -2.82. The Bertz CT molecular complexity index is 753. The lowest BCUT2D eigenvalue weighted by atomic mass is 9.94. The number of carboxylic acid groups (broad SMARTS) is 1. The number of ether oxygens (including phenoxy) is 1. The maximum Gasteiger partial charge on any atom is 0.310 e. The van der Waals surface area contributed by atoms with E-state index in [1.165, 1.54) is 0 Å². The summed E-state index contributed by atoms with van der Waals surface area (Å²) in [6.45, 7) is 5.11. The van der Waals surface area contributed by atoms with Crippen LogP contribution in [0.1, 0.15) is 29.8 Å². The van der Waals surface area contributed by atoms with Crippen molar-refractivity contribution in [1.29, 1.82) is 0 Å². The number of benzene rings is 2. The first-order chi connectivity index (χ1) is 11.3. The summed E-state index contributed by atoms with van der Waals surface area (Å²) in [6, 6.07) is 14.4. The molecule has 0 aliphatic rings. The fourth-order valence-electron chi connectivity index (χ4n) is 2.02. The topological polar surface area (TPSA) is 75.6 Å². The minimum Gasteiger partial charge on any atom is -0.481 e. The normalized spacial score (nSPS) is 11.0. The Kier molecular flexibility index (Phi) is 5.24. The molecule has 5 heteroatoms. The molecule has 0 bridgehead atoms. The van der Waals surface area contributed by atoms with E-state index in [1.807, 2.05) is 31.2 Å². The average molecular weight is 327 g/mol. The molecule has 0 fully saturated rings. The second kappa shape index (κ2) is 7.17. The highest BCUT2D eigenvalue weighted by Crippen LogP contribution is 2.26. The van der Waals surface area contributed by atoms with Crippen LogP contribution >= 0.6 is 0 Å². The van der Waals surface area contributed by atoms with Crippen LogP contribution in [0.15, 0.2) is 48.5 Å². The minimum atomic E-state index is -1.04. The van der Waals surface area contributed by atoms with E-state index in [9.17, 15) is 9.59 Å². The molecule has 5 nitrogen and oxygen atoms in total. The van der Waals surface area contributed by atoms with Crippen LogP contribution in [0.5, 0.6) is 11.5 Å². The monoisotopic (exact) mass is 327 g/mol. The van der Waals surface area contributed by atoms with Crippen molar-refractivity contribution in [2.75, 3.05) is 6.54 Å². The number of amides is 1. The Morgan fingerprint density at radius 2 is 1.83 bits per heavy atom. The molecule has 0 unspecified atom stereocenters. The fourth-order valence-corrected chi connectivity index (χ4v) is 2.02. The van der Waals surface area contributed by atoms with Crippen molar-refractivity contribution in [1.82, 2.24) is 5.32 Å². The molecule has 2 rings (SSSR count). The summed E-state index contributed by atoms with van der Waals surface area (Å²) in [7, 11) is 0. The van der Waals surface area contributed by atoms with Crippen molar-refractivity contribution < 1.29 is 19.4 Å². The lowest BCUT2D eigenvalue weighted by Gasteiger charge is -2.20. The predicted octanol–water partition coefficient (Wildman–Crippen LogP) is 3.63. The molecule has 2 aromatic rings. The van der Waals surface area contributed by atoms with Crippen molar-refractivity contribution in [3.63, 3.8) is 0 Å². The Morgan fingerprint density at radius 1 is 1.12 bits per heavy atom. The summed E-state index contributed by atoms with van der Waals surface area (Å²) >= 11 is 0. The van der Waals surface area contributed by atoms with Gasteiger partial charge in [-0.2, -0.15) is 0 Å². The molecule has 0 saturated heterocycles. The number of hydrogen-bond donors (Lipinski definition) is 2. The number of aliphatic carboxylic acids is 1. The second-order valence-electron chi connectivity index (χ2n) is 6.29. The number of carboxylic acids is 1. The van der Waals surface area contributed by atoms with Gasteiger partial charge in [0.25, 0.3) is 5.91 Å². The van der Waals surface area contributed by atoms with Gasteiger partial charge in [-0.3, -0.25) is 9.59 Å². The van der Waals surface area contributed by atoms with Gasteiger partial charge < -0.3 is 15.2 Å². The number of nitrogens with one attached hydrogen (secondary N) is 1. The summed E-state index contributed by atoms with van der Waals surface area (Å²) in [5.41, 5.74) is 0.375. The number of carbonyl (C=O) groups is 2. The van der Waals surface area contributed by atoms with E-state index < -0.39 is 11.4 Å². The van der Waals surface area contributed by atoms with Crippen LogP contribution < -0.4 is 10.1 Å². The zero-order chi connectivity index (χ0) is 17.7. The van der Waals surface area contributed by atoms with E-state index >= 15 is 0 Å². The molecular formula is C19H21NO4. The Labute approximate surface area is 141 Å². The third-order valence-corrected chi connectivity index (χ3v) is 3.62. The van der Waals surface area contributed by atoms with Gasteiger partial charge >= 0.3 is 5.97 Å². The highest BCUT2D eigenvalue weighted by Gasteiger charge is 2.28. The first-order valence-electron chi connectivity index (χ1n) is 7.65. The van der Waals surface area contributed by atoms with Gasteiger partial charge in [0.2, 0.25) is 0 Å². The van der Waals surface area contributed by atoms with E-state index in [0.29, 0.717) is 17.1 Å². The maximum absolute atomic E-state index is 12.4. The van der Waals surface area contributed by atoms with Crippen molar-refractivity contribution in [2.24, 2.45) is 5.41 Å². The van der Waals surface area contributed by atoms with Gasteiger partial charge in [-0.05, 0) is 50.6 Å². The molecule has 126 valence electrons. The molecule has 24 heavy (non-hydrogen) atoms. The van der Waals surface area contributed by atoms with Crippen LogP contribution in [0.2, 0.25) is 0 Å². The number of aryl methyl sites for hydroxylation is 1. The predicted molar refractivity (Wildman–Crippen MR) is 91.4 cm³/mol. The third-order valence-electron chi connectivity index (χ3n) is 3.62. The van der Waals surface area contributed by atoms with E-state index in [-0.39, 0.29) is 12.5 Å². The molecular weight excluding hydrogens is 306 g/mol. The van der Waals surface area contributed by atoms with Crippen molar-refractivity contribution >= 4 is 11.9 Å². The van der Waals surface area contributed by atoms with E-state index in [4.69, 9.17) is 9.84 Å². The summed E-state index contributed by atoms with van der Waals surface area (Å²) in [6.07, 6.45) is 0. The van der Waals surface area contributed by atoms with Crippen molar-refractivity contribution in [2.45, 2.75) is 20.8 Å².